The van der Waals surface area contributed by atoms with E-state index in [1.807, 2.05) is 16.8 Å². The molecule has 30 heavy (non-hydrogen) atoms. The van der Waals surface area contributed by atoms with Crippen LogP contribution in [0, 0.1) is 19.8 Å². The van der Waals surface area contributed by atoms with E-state index in [1.54, 1.807) is 6.26 Å². The van der Waals surface area contributed by atoms with Crippen LogP contribution >= 0.6 is 0 Å². The molecule has 0 N–H and O–H groups in total. The lowest BCUT2D eigenvalue weighted by atomic mass is 10.0. The highest BCUT2D eigenvalue weighted by atomic mass is 16.3. The van der Waals surface area contributed by atoms with Crippen LogP contribution < -0.4 is 4.90 Å². The van der Waals surface area contributed by atoms with Crippen LogP contribution in [0.3, 0.4) is 0 Å². The molecule has 7 heteroatoms. The Hall–Kier alpha value is -2.67. The van der Waals surface area contributed by atoms with Crippen LogP contribution in [0.25, 0.3) is 0 Å². The zero-order valence-electron chi connectivity index (χ0n) is 18.5. The third-order valence-electron chi connectivity index (χ3n) is 5.90. The number of piperazine rings is 1. The number of aromatic nitrogens is 4. The maximum atomic E-state index is 5.52. The van der Waals surface area contributed by atoms with Crippen molar-refractivity contribution in [3.05, 3.63) is 59.3 Å². The van der Waals surface area contributed by atoms with Gasteiger partial charge in [0.1, 0.15) is 12.3 Å². The topological polar surface area (TPSA) is 63.2 Å². The maximum absolute atomic E-state index is 5.52. The summed E-state index contributed by atoms with van der Waals surface area (Å²) >= 11 is 0. The smallest absolute Gasteiger partial charge is 0.168 e. The summed E-state index contributed by atoms with van der Waals surface area (Å²) in [5, 5.41) is 12.7. The summed E-state index contributed by atoms with van der Waals surface area (Å²) < 4.78 is 7.41. The predicted molar refractivity (Wildman–Crippen MR) is 118 cm³/mol. The lowest BCUT2D eigenvalue weighted by Gasteiger charge is -2.40. The lowest BCUT2D eigenvalue weighted by Crippen LogP contribution is -2.48. The van der Waals surface area contributed by atoms with Crippen molar-refractivity contribution in [2.75, 3.05) is 31.1 Å². The Bertz CT molecular complexity index is 941. The molecule has 4 rings (SSSR count). The third kappa shape index (κ3) is 4.56. The van der Waals surface area contributed by atoms with Crippen molar-refractivity contribution in [1.29, 1.82) is 0 Å². The number of hydrogen-bond donors (Lipinski definition) is 0. The monoisotopic (exact) mass is 408 g/mol. The number of aryl methyl sites for hydroxylation is 2. The van der Waals surface area contributed by atoms with Gasteiger partial charge in [-0.15, -0.1) is 5.10 Å². The van der Waals surface area contributed by atoms with Gasteiger partial charge in [0.25, 0.3) is 0 Å². The number of tetrazole rings is 1. The van der Waals surface area contributed by atoms with Gasteiger partial charge in [0.05, 0.1) is 12.3 Å². The van der Waals surface area contributed by atoms with E-state index < -0.39 is 0 Å². The predicted octanol–water partition coefficient (Wildman–Crippen LogP) is 3.84. The van der Waals surface area contributed by atoms with E-state index >= 15 is 0 Å². The van der Waals surface area contributed by atoms with E-state index in [-0.39, 0.29) is 6.04 Å². The van der Waals surface area contributed by atoms with Gasteiger partial charge in [0, 0.05) is 31.9 Å². The number of anilines is 1. The molecule has 7 nitrogen and oxygen atoms in total. The molecule has 1 unspecified atom stereocenters. The number of rotatable bonds is 7. The van der Waals surface area contributed by atoms with Crippen molar-refractivity contribution < 1.29 is 4.42 Å². The van der Waals surface area contributed by atoms with Gasteiger partial charge in [-0.05, 0) is 65.9 Å². The molecule has 3 heterocycles. The fourth-order valence-electron chi connectivity index (χ4n) is 4.31. The van der Waals surface area contributed by atoms with Gasteiger partial charge >= 0.3 is 0 Å². The Morgan fingerprint density at radius 2 is 1.87 bits per heavy atom. The molecule has 0 spiro atoms. The van der Waals surface area contributed by atoms with Crippen LogP contribution in [-0.4, -0.2) is 51.3 Å². The largest absolute Gasteiger partial charge is 0.467 e. The van der Waals surface area contributed by atoms with Crippen LogP contribution in [0.5, 0.6) is 0 Å². The SMILES string of the molecule is Cc1ccc(C)c(N2CCN(C(CC(C)C)c3nnnn3Cc3ccco3)CC2)c1. The third-order valence-corrected chi connectivity index (χ3v) is 5.90. The van der Waals surface area contributed by atoms with Gasteiger partial charge in [-0.2, -0.15) is 0 Å². The minimum atomic E-state index is 0.204. The Morgan fingerprint density at radius 1 is 1.07 bits per heavy atom. The Balaban J connectivity index is 1.51. The van der Waals surface area contributed by atoms with E-state index in [4.69, 9.17) is 4.42 Å². The summed E-state index contributed by atoms with van der Waals surface area (Å²) in [6, 6.07) is 10.8. The number of hydrogen-bond acceptors (Lipinski definition) is 6. The second kappa shape index (κ2) is 9.00. The van der Waals surface area contributed by atoms with E-state index in [0.717, 1.165) is 44.2 Å². The zero-order valence-corrected chi connectivity index (χ0v) is 18.5. The molecule has 0 amide bonds. The van der Waals surface area contributed by atoms with Crippen LogP contribution in [0.4, 0.5) is 5.69 Å². The second-order valence-corrected chi connectivity index (χ2v) is 8.73. The molecule has 0 aliphatic carbocycles. The first-order valence-electron chi connectivity index (χ1n) is 10.9. The molecule has 0 radical (unpaired) electrons. The average Bonchev–Trinajstić information content (AvgIpc) is 3.41. The Kier molecular flexibility index (Phi) is 6.18. The number of benzene rings is 1. The summed E-state index contributed by atoms with van der Waals surface area (Å²) in [4.78, 5) is 5.06. The highest BCUT2D eigenvalue weighted by Crippen LogP contribution is 2.29. The maximum Gasteiger partial charge on any atom is 0.168 e. The summed E-state index contributed by atoms with van der Waals surface area (Å²) in [5.74, 6) is 2.35. The molecule has 1 saturated heterocycles. The van der Waals surface area contributed by atoms with Crippen molar-refractivity contribution in [2.45, 2.75) is 46.7 Å². The first-order valence-corrected chi connectivity index (χ1v) is 10.9. The van der Waals surface area contributed by atoms with Gasteiger partial charge in [-0.25, -0.2) is 4.68 Å². The van der Waals surface area contributed by atoms with Gasteiger partial charge in [-0.3, -0.25) is 4.90 Å². The van der Waals surface area contributed by atoms with Gasteiger partial charge < -0.3 is 9.32 Å². The molecular weight excluding hydrogens is 376 g/mol. The molecule has 2 aromatic heterocycles. The van der Waals surface area contributed by atoms with Crippen molar-refractivity contribution in [1.82, 2.24) is 25.1 Å². The quantitative estimate of drug-likeness (QED) is 0.592. The van der Waals surface area contributed by atoms with E-state index in [2.05, 4.69) is 71.2 Å². The molecule has 1 aliphatic rings. The summed E-state index contributed by atoms with van der Waals surface area (Å²) in [7, 11) is 0. The van der Waals surface area contributed by atoms with E-state index in [1.165, 1.54) is 16.8 Å². The lowest BCUT2D eigenvalue weighted by molar-refractivity contribution is 0.153. The second-order valence-electron chi connectivity index (χ2n) is 8.73. The minimum absolute atomic E-state index is 0.204. The standard InChI is InChI=1S/C23H32N6O/c1-17(2)14-22(23-24-25-26-29(23)16-20-6-5-13-30-20)28-11-9-27(10-12-28)21-15-18(3)7-8-19(21)4/h5-8,13,15,17,22H,9-12,14,16H2,1-4H3. The van der Waals surface area contributed by atoms with Crippen molar-refractivity contribution >= 4 is 5.69 Å². The molecular formula is C23H32N6O. The van der Waals surface area contributed by atoms with Crippen LogP contribution in [0.1, 0.15) is 49.0 Å². The highest BCUT2D eigenvalue weighted by molar-refractivity contribution is 5.55. The fourth-order valence-corrected chi connectivity index (χ4v) is 4.31. The Morgan fingerprint density at radius 3 is 2.57 bits per heavy atom. The first-order chi connectivity index (χ1) is 14.5. The highest BCUT2D eigenvalue weighted by Gasteiger charge is 2.30. The number of nitrogens with zero attached hydrogens (tertiary/aromatic N) is 6. The molecule has 0 bridgehead atoms. The van der Waals surface area contributed by atoms with Crippen molar-refractivity contribution in [3.8, 4) is 0 Å². The molecule has 1 aromatic carbocycles. The number of furan rings is 1. The molecule has 3 aromatic rings. The van der Waals surface area contributed by atoms with Gasteiger partial charge in [0.15, 0.2) is 5.82 Å². The molecule has 1 aliphatic heterocycles. The fraction of sp³-hybridized carbons (Fsp3) is 0.522. The van der Waals surface area contributed by atoms with Crippen molar-refractivity contribution in [2.24, 2.45) is 5.92 Å². The summed E-state index contributed by atoms with van der Waals surface area (Å²) in [6.07, 6.45) is 2.72. The molecule has 160 valence electrons. The van der Waals surface area contributed by atoms with Crippen LogP contribution in [0.15, 0.2) is 41.0 Å². The average molecular weight is 409 g/mol. The zero-order chi connectivity index (χ0) is 21.1. The normalized spacial score (nSPS) is 16.4. The first kappa shape index (κ1) is 20.6. The molecule has 1 fully saturated rings. The Labute approximate surface area is 178 Å². The van der Waals surface area contributed by atoms with Crippen LogP contribution in [-0.2, 0) is 6.54 Å². The van der Waals surface area contributed by atoms with Crippen LogP contribution in [0.2, 0.25) is 0 Å². The molecule has 0 saturated carbocycles. The molecule has 1 atom stereocenters. The van der Waals surface area contributed by atoms with Gasteiger partial charge in [-0.1, -0.05) is 26.0 Å². The minimum Gasteiger partial charge on any atom is -0.467 e. The van der Waals surface area contributed by atoms with E-state index in [9.17, 15) is 0 Å². The van der Waals surface area contributed by atoms with Crippen molar-refractivity contribution in [3.63, 3.8) is 0 Å². The van der Waals surface area contributed by atoms with E-state index in [0.29, 0.717) is 12.5 Å². The van der Waals surface area contributed by atoms with Gasteiger partial charge in [0.2, 0.25) is 0 Å². The summed E-state index contributed by atoms with van der Waals surface area (Å²) in [6.45, 7) is 13.5. The summed E-state index contributed by atoms with van der Waals surface area (Å²) in [5.41, 5.74) is 4.01.